The Labute approximate surface area is 221 Å². The van der Waals surface area contributed by atoms with Crippen molar-refractivity contribution in [3.8, 4) is 11.5 Å². The average molecular weight is 518 g/mol. The first-order valence-corrected chi connectivity index (χ1v) is 14.2. The predicted molar refractivity (Wildman–Crippen MR) is 152 cm³/mol. The van der Waals surface area contributed by atoms with E-state index in [2.05, 4.69) is 6.58 Å². The van der Waals surface area contributed by atoms with Crippen LogP contribution in [-0.4, -0.2) is 32.5 Å². The van der Waals surface area contributed by atoms with Gasteiger partial charge in [-0.3, -0.25) is 0 Å². The third kappa shape index (κ3) is 5.03. The summed E-state index contributed by atoms with van der Waals surface area (Å²) >= 11 is 0. The summed E-state index contributed by atoms with van der Waals surface area (Å²) in [4.78, 5) is 0. The molecule has 7 heteroatoms. The van der Waals surface area contributed by atoms with E-state index in [0.717, 1.165) is 11.1 Å². The molecule has 3 aromatic carbocycles. The van der Waals surface area contributed by atoms with Crippen LogP contribution in [0.25, 0.3) is 0 Å². The van der Waals surface area contributed by atoms with Crippen molar-refractivity contribution in [1.29, 1.82) is 0 Å². The molecule has 0 N–H and O–H groups in total. The molecule has 1 atom stereocenters. The molecular formula is C30H36BO5P. The fourth-order valence-corrected chi connectivity index (χ4v) is 7.94. The lowest BCUT2D eigenvalue weighted by molar-refractivity contribution is 0.00578. The highest BCUT2D eigenvalue weighted by atomic mass is 31.2. The van der Waals surface area contributed by atoms with Crippen molar-refractivity contribution < 1.29 is 23.3 Å². The van der Waals surface area contributed by atoms with Crippen molar-refractivity contribution in [1.82, 2.24) is 0 Å². The number of hydrogen-bond donors (Lipinski definition) is 0. The predicted octanol–water partition coefficient (Wildman–Crippen LogP) is 6.26. The van der Waals surface area contributed by atoms with Gasteiger partial charge in [-0.05, 0) is 69.9 Å². The second-order valence-electron chi connectivity index (χ2n) is 10.5. The Bertz CT molecular complexity index is 1260. The van der Waals surface area contributed by atoms with Crippen LogP contribution in [0, 0.1) is 6.92 Å². The van der Waals surface area contributed by atoms with Gasteiger partial charge in [0.15, 0.2) is 7.14 Å². The second-order valence-corrected chi connectivity index (χ2v) is 13.4. The topological polar surface area (TPSA) is 54.0 Å². The lowest BCUT2D eigenvalue weighted by Crippen LogP contribution is -2.41. The van der Waals surface area contributed by atoms with E-state index in [4.69, 9.17) is 18.8 Å². The van der Waals surface area contributed by atoms with E-state index in [1.54, 1.807) is 14.2 Å². The van der Waals surface area contributed by atoms with E-state index in [0.29, 0.717) is 27.6 Å². The van der Waals surface area contributed by atoms with Crippen LogP contribution in [0.1, 0.15) is 44.5 Å². The van der Waals surface area contributed by atoms with Crippen LogP contribution in [0.15, 0.2) is 84.8 Å². The number of hydrogen-bond acceptors (Lipinski definition) is 5. The number of benzene rings is 3. The van der Waals surface area contributed by atoms with Gasteiger partial charge in [-0.25, -0.2) is 0 Å². The quantitative estimate of drug-likeness (QED) is 0.261. The number of methoxy groups -OCH3 is 2. The van der Waals surface area contributed by atoms with Gasteiger partial charge in [-0.2, -0.15) is 0 Å². The molecule has 1 aliphatic heterocycles. The van der Waals surface area contributed by atoms with Crippen molar-refractivity contribution in [2.24, 2.45) is 0 Å². The summed E-state index contributed by atoms with van der Waals surface area (Å²) < 4.78 is 39.7. The molecule has 37 heavy (non-hydrogen) atoms. The normalized spacial score (nSPS) is 17.3. The Morgan fingerprint density at radius 1 is 0.838 bits per heavy atom. The van der Waals surface area contributed by atoms with Crippen LogP contribution in [0.3, 0.4) is 0 Å². The first kappa shape index (κ1) is 27.3. The third-order valence-electron chi connectivity index (χ3n) is 7.54. The van der Waals surface area contributed by atoms with Crippen LogP contribution in [0.2, 0.25) is 0 Å². The van der Waals surface area contributed by atoms with Crippen molar-refractivity contribution in [2.75, 3.05) is 14.2 Å². The molecule has 0 radical (unpaired) electrons. The Morgan fingerprint density at radius 2 is 1.30 bits per heavy atom. The van der Waals surface area contributed by atoms with E-state index >= 15 is 4.57 Å². The van der Waals surface area contributed by atoms with E-state index in [-0.39, 0.29) is 0 Å². The van der Waals surface area contributed by atoms with Gasteiger partial charge in [0.2, 0.25) is 0 Å². The maximum absolute atomic E-state index is 15.8. The van der Waals surface area contributed by atoms with Gasteiger partial charge in [-0.1, -0.05) is 54.1 Å². The Kier molecular flexibility index (Phi) is 7.49. The molecule has 0 aliphatic carbocycles. The standard InChI is InChI=1S/C30H36BO5P/c1-21-15-17-23(18-16-21)28(22(2)31-35-29(3,4)30(5,6)36-31)37(32,26-13-9-11-24(19-26)33-7)27-14-10-12-25(20-27)34-8/h9-20,28H,2H2,1,3-8H3. The molecule has 1 aliphatic rings. The van der Waals surface area contributed by atoms with Gasteiger partial charge >= 0.3 is 7.12 Å². The monoisotopic (exact) mass is 518 g/mol. The molecule has 5 nitrogen and oxygen atoms in total. The highest BCUT2D eigenvalue weighted by Crippen LogP contribution is 2.62. The third-order valence-corrected chi connectivity index (χ3v) is 11.0. The molecule has 4 rings (SSSR count). The van der Waals surface area contributed by atoms with Crippen LogP contribution in [0.5, 0.6) is 11.5 Å². The second kappa shape index (κ2) is 10.2. The van der Waals surface area contributed by atoms with Gasteiger partial charge in [0, 0.05) is 10.6 Å². The van der Waals surface area contributed by atoms with Gasteiger partial charge in [-0.15, -0.1) is 6.58 Å². The minimum atomic E-state index is -3.46. The maximum atomic E-state index is 15.8. The zero-order chi connectivity index (χ0) is 27.0. The first-order chi connectivity index (χ1) is 17.4. The number of ether oxygens (including phenoxy) is 2. The van der Waals surface area contributed by atoms with Crippen LogP contribution in [-0.2, 0) is 13.9 Å². The summed E-state index contributed by atoms with van der Waals surface area (Å²) in [6.45, 7) is 14.5. The molecule has 1 saturated heterocycles. The molecule has 0 spiro atoms. The van der Waals surface area contributed by atoms with Crippen molar-refractivity contribution >= 4 is 24.9 Å². The van der Waals surface area contributed by atoms with E-state index in [1.165, 1.54) is 0 Å². The first-order valence-electron chi connectivity index (χ1n) is 12.4. The summed E-state index contributed by atoms with van der Waals surface area (Å²) in [6, 6.07) is 23.0. The highest BCUT2D eigenvalue weighted by Gasteiger charge is 2.55. The fraction of sp³-hybridized carbons (Fsp3) is 0.333. The Balaban J connectivity index is 1.98. The minimum Gasteiger partial charge on any atom is -0.497 e. The van der Waals surface area contributed by atoms with Gasteiger partial charge < -0.3 is 23.3 Å². The lowest BCUT2D eigenvalue weighted by atomic mass is 9.75. The number of allylic oxidation sites excluding steroid dienone is 1. The molecule has 0 aromatic heterocycles. The average Bonchev–Trinajstić information content (AvgIpc) is 3.11. The zero-order valence-electron chi connectivity index (χ0n) is 22.8. The lowest BCUT2D eigenvalue weighted by Gasteiger charge is -2.32. The van der Waals surface area contributed by atoms with Gasteiger partial charge in [0.1, 0.15) is 11.5 Å². The Hall–Kier alpha value is -2.79. The van der Waals surface area contributed by atoms with E-state index < -0.39 is 31.1 Å². The maximum Gasteiger partial charge on any atom is 0.491 e. The fourth-order valence-electron chi connectivity index (χ4n) is 4.61. The van der Waals surface area contributed by atoms with Crippen LogP contribution >= 0.6 is 7.14 Å². The molecule has 0 saturated carbocycles. The van der Waals surface area contributed by atoms with E-state index in [9.17, 15) is 0 Å². The van der Waals surface area contributed by atoms with Crippen LogP contribution in [0.4, 0.5) is 0 Å². The molecule has 1 unspecified atom stereocenters. The zero-order valence-corrected chi connectivity index (χ0v) is 23.7. The largest absolute Gasteiger partial charge is 0.497 e. The molecule has 1 heterocycles. The van der Waals surface area contributed by atoms with Gasteiger partial charge in [0.25, 0.3) is 0 Å². The van der Waals surface area contributed by atoms with Crippen LogP contribution < -0.4 is 20.1 Å². The number of rotatable bonds is 8. The SMILES string of the molecule is C=C(B1OC(C)(C)C(C)(C)O1)C(c1ccc(C)cc1)P(=O)(c1cccc(OC)c1)c1cccc(OC)c1. The summed E-state index contributed by atoms with van der Waals surface area (Å²) in [5.74, 6) is 1.26. The molecule has 1 fully saturated rings. The van der Waals surface area contributed by atoms with Crippen molar-refractivity contribution in [3.05, 3.63) is 96.0 Å². The minimum absolute atomic E-state index is 0.561. The summed E-state index contributed by atoms with van der Waals surface area (Å²) in [5, 5.41) is 1.31. The molecule has 3 aromatic rings. The molecule has 194 valence electrons. The molecule has 0 bridgehead atoms. The summed E-state index contributed by atoms with van der Waals surface area (Å²) in [7, 11) is -0.984. The highest BCUT2D eigenvalue weighted by molar-refractivity contribution is 7.79. The van der Waals surface area contributed by atoms with E-state index in [1.807, 2.05) is 107 Å². The number of aryl methyl sites for hydroxylation is 1. The summed E-state index contributed by atoms with van der Waals surface area (Å²) in [6.07, 6.45) is 0. The van der Waals surface area contributed by atoms with Gasteiger partial charge in [0.05, 0.1) is 31.1 Å². The molecule has 0 amide bonds. The smallest absolute Gasteiger partial charge is 0.491 e. The Morgan fingerprint density at radius 3 is 1.73 bits per heavy atom. The van der Waals surface area contributed by atoms with Crippen molar-refractivity contribution in [3.63, 3.8) is 0 Å². The summed E-state index contributed by atoms with van der Waals surface area (Å²) in [5.41, 5.74) is 0.849. The van der Waals surface area contributed by atoms with Crippen molar-refractivity contribution in [2.45, 2.75) is 51.5 Å². The molecular weight excluding hydrogens is 482 g/mol.